The molecule has 0 bridgehead atoms. The number of para-hydroxylation sites is 1. The second-order valence-electron chi connectivity index (χ2n) is 8.29. The monoisotopic (exact) mass is 370 g/mol. The molecule has 1 saturated carbocycles. The highest BCUT2D eigenvalue weighted by molar-refractivity contribution is 6.08. The van der Waals surface area contributed by atoms with Crippen LogP contribution in [-0.2, 0) is 11.2 Å². The summed E-state index contributed by atoms with van der Waals surface area (Å²) in [7, 11) is 0. The number of aryl methyl sites for hydroxylation is 1. The first-order valence-electron chi connectivity index (χ1n) is 10.5. The number of β-lactam (4-membered cyclic amide) rings is 1. The van der Waals surface area contributed by atoms with Gasteiger partial charge in [-0.05, 0) is 42.9 Å². The zero-order valence-electron chi connectivity index (χ0n) is 16.1. The fraction of sp³-hybridized carbons (Fsp3) is 0.360. The number of nitrogens with zero attached hydrogens (tertiary/aromatic N) is 2. The van der Waals surface area contributed by atoms with Gasteiger partial charge in [-0.25, -0.2) is 0 Å². The van der Waals surface area contributed by atoms with Crippen molar-refractivity contribution in [2.24, 2.45) is 11.8 Å². The lowest BCUT2D eigenvalue weighted by molar-refractivity contribution is -0.131. The Bertz CT molecular complexity index is 975. The van der Waals surface area contributed by atoms with Gasteiger partial charge in [0.15, 0.2) is 0 Å². The van der Waals surface area contributed by atoms with Crippen LogP contribution in [0.4, 0.5) is 5.69 Å². The molecule has 1 aromatic heterocycles. The normalized spacial score (nSPS) is 22.1. The van der Waals surface area contributed by atoms with Gasteiger partial charge in [-0.1, -0.05) is 67.8 Å². The predicted molar refractivity (Wildman–Crippen MR) is 113 cm³/mol. The number of benzene rings is 2. The smallest absolute Gasteiger partial charge is 0.232 e. The summed E-state index contributed by atoms with van der Waals surface area (Å²) in [5.74, 6) is 1.22. The largest absolute Gasteiger partial charge is 0.306 e. The maximum Gasteiger partial charge on any atom is 0.232 e. The van der Waals surface area contributed by atoms with Crippen molar-refractivity contribution < 1.29 is 4.79 Å². The predicted octanol–water partition coefficient (Wildman–Crippen LogP) is 5.39. The van der Waals surface area contributed by atoms with Gasteiger partial charge in [0.25, 0.3) is 0 Å². The molecule has 3 heteroatoms. The number of aromatic nitrogens is 1. The molecule has 1 aliphatic heterocycles. The minimum atomic E-state index is 0.174. The Kier molecular flexibility index (Phi) is 4.59. The molecule has 2 fully saturated rings. The zero-order valence-corrected chi connectivity index (χ0v) is 16.1. The second kappa shape index (κ2) is 7.38. The SMILES string of the molecule is O=C1C(CC2CCC2)C(CCc2ccccc2)N1c1cccc2cccnc12. The maximum absolute atomic E-state index is 13.2. The van der Waals surface area contributed by atoms with Gasteiger partial charge in [-0.15, -0.1) is 0 Å². The van der Waals surface area contributed by atoms with Gasteiger partial charge in [0, 0.05) is 17.6 Å². The first-order valence-corrected chi connectivity index (χ1v) is 10.5. The summed E-state index contributed by atoms with van der Waals surface area (Å²) in [6.45, 7) is 0. The van der Waals surface area contributed by atoms with Crippen molar-refractivity contribution in [1.82, 2.24) is 4.98 Å². The number of pyridine rings is 1. The average Bonchev–Trinajstić information content (AvgIpc) is 2.71. The van der Waals surface area contributed by atoms with Gasteiger partial charge < -0.3 is 4.90 Å². The van der Waals surface area contributed by atoms with Gasteiger partial charge in [0.2, 0.25) is 5.91 Å². The Morgan fingerprint density at radius 1 is 0.964 bits per heavy atom. The van der Waals surface area contributed by atoms with Gasteiger partial charge in [0.05, 0.1) is 17.1 Å². The van der Waals surface area contributed by atoms with Crippen LogP contribution in [0, 0.1) is 11.8 Å². The molecule has 2 unspecified atom stereocenters. The van der Waals surface area contributed by atoms with E-state index in [9.17, 15) is 4.79 Å². The van der Waals surface area contributed by atoms with Crippen LogP contribution < -0.4 is 4.90 Å². The fourth-order valence-electron chi connectivity index (χ4n) is 4.82. The number of amides is 1. The number of rotatable bonds is 6. The quantitative estimate of drug-likeness (QED) is 0.545. The minimum Gasteiger partial charge on any atom is -0.306 e. The number of anilines is 1. The highest BCUT2D eigenvalue weighted by atomic mass is 16.2. The molecule has 2 aromatic carbocycles. The third-order valence-corrected chi connectivity index (χ3v) is 6.61. The number of fused-ring (bicyclic) bond motifs is 1. The number of hydrogen-bond donors (Lipinski definition) is 0. The lowest BCUT2D eigenvalue weighted by Crippen LogP contribution is -2.62. The van der Waals surface area contributed by atoms with Crippen LogP contribution in [0.2, 0.25) is 0 Å². The average molecular weight is 370 g/mol. The topological polar surface area (TPSA) is 33.2 Å². The Morgan fingerprint density at radius 3 is 2.57 bits per heavy atom. The first kappa shape index (κ1) is 17.4. The van der Waals surface area contributed by atoms with Crippen LogP contribution in [0.25, 0.3) is 10.9 Å². The summed E-state index contributed by atoms with van der Waals surface area (Å²) in [6.07, 6.45) is 8.83. The Hall–Kier alpha value is -2.68. The summed E-state index contributed by atoms with van der Waals surface area (Å²) in [5.41, 5.74) is 3.26. The molecule has 2 atom stereocenters. The van der Waals surface area contributed by atoms with E-state index in [1.165, 1.54) is 24.8 Å². The van der Waals surface area contributed by atoms with Crippen LogP contribution in [0.1, 0.15) is 37.7 Å². The lowest BCUT2D eigenvalue weighted by Gasteiger charge is -2.49. The van der Waals surface area contributed by atoms with Crippen LogP contribution in [-0.4, -0.2) is 16.9 Å². The Balaban J connectivity index is 1.43. The molecule has 28 heavy (non-hydrogen) atoms. The van der Waals surface area contributed by atoms with Crippen molar-refractivity contribution in [3.63, 3.8) is 0 Å². The van der Waals surface area contributed by atoms with E-state index in [0.717, 1.165) is 41.8 Å². The molecule has 3 aromatic rings. The van der Waals surface area contributed by atoms with E-state index in [2.05, 4.69) is 53.5 Å². The molecular weight excluding hydrogens is 344 g/mol. The van der Waals surface area contributed by atoms with E-state index >= 15 is 0 Å². The highest BCUT2D eigenvalue weighted by Crippen LogP contribution is 2.44. The van der Waals surface area contributed by atoms with E-state index < -0.39 is 0 Å². The number of carbonyl (C=O) groups is 1. The summed E-state index contributed by atoms with van der Waals surface area (Å²) < 4.78 is 0. The van der Waals surface area contributed by atoms with Crippen molar-refractivity contribution in [3.05, 3.63) is 72.4 Å². The van der Waals surface area contributed by atoms with E-state index in [4.69, 9.17) is 0 Å². The van der Waals surface area contributed by atoms with E-state index in [0.29, 0.717) is 5.91 Å². The van der Waals surface area contributed by atoms with Gasteiger partial charge in [-0.2, -0.15) is 0 Å². The molecule has 1 aliphatic carbocycles. The number of carbonyl (C=O) groups excluding carboxylic acids is 1. The molecule has 0 N–H and O–H groups in total. The zero-order chi connectivity index (χ0) is 18.9. The van der Waals surface area contributed by atoms with Crippen LogP contribution >= 0.6 is 0 Å². The fourth-order valence-corrected chi connectivity index (χ4v) is 4.82. The van der Waals surface area contributed by atoms with Gasteiger partial charge in [0.1, 0.15) is 0 Å². The van der Waals surface area contributed by atoms with E-state index in [1.54, 1.807) is 0 Å². The molecular formula is C25H26N2O. The van der Waals surface area contributed by atoms with Crippen molar-refractivity contribution in [2.45, 2.75) is 44.6 Å². The summed E-state index contributed by atoms with van der Waals surface area (Å²) in [5, 5.41) is 1.09. The van der Waals surface area contributed by atoms with E-state index in [-0.39, 0.29) is 12.0 Å². The van der Waals surface area contributed by atoms with Crippen molar-refractivity contribution in [1.29, 1.82) is 0 Å². The highest BCUT2D eigenvalue weighted by Gasteiger charge is 2.48. The van der Waals surface area contributed by atoms with Crippen LogP contribution in [0.15, 0.2) is 66.9 Å². The minimum absolute atomic E-state index is 0.174. The third kappa shape index (κ3) is 3.09. The van der Waals surface area contributed by atoms with Crippen LogP contribution in [0.3, 0.4) is 0 Å². The van der Waals surface area contributed by atoms with E-state index in [1.807, 2.05) is 23.2 Å². The third-order valence-electron chi connectivity index (χ3n) is 6.61. The summed E-state index contributed by atoms with van der Waals surface area (Å²) >= 11 is 0. The van der Waals surface area contributed by atoms with Gasteiger partial charge >= 0.3 is 0 Å². The Labute approximate surface area is 166 Å². The van der Waals surface area contributed by atoms with Gasteiger partial charge in [-0.3, -0.25) is 9.78 Å². The summed E-state index contributed by atoms with van der Waals surface area (Å²) in [6, 6.07) is 21.1. The molecule has 2 aliphatic rings. The maximum atomic E-state index is 13.2. The van der Waals surface area contributed by atoms with Crippen LogP contribution in [0.5, 0.6) is 0 Å². The first-order chi connectivity index (χ1) is 13.8. The molecule has 1 amide bonds. The molecule has 0 spiro atoms. The molecule has 5 rings (SSSR count). The molecule has 142 valence electrons. The Morgan fingerprint density at radius 2 is 1.79 bits per heavy atom. The van der Waals surface area contributed by atoms with Crippen molar-refractivity contribution in [2.75, 3.05) is 4.90 Å². The number of hydrogen-bond acceptors (Lipinski definition) is 2. The van der Waals surface area contributed by atoms with Crippen molar-refractivity contribution in [3.8, 4) is 0 Å². The molecule has 2 heterocycles. The lowest BCUT2D eigenvalue weighted by atomic mass is 9.72. The second-order valence-corrected chi connectivity index (χ2v) is 8.29. The standard InChI is InChI=1S/C25H26N2O/c28-25-21(17-19-9-4-10-19)22(15-14-18-7-2-1-3-8-18)27(25)23-13-5-11-20-12-6-16-26-24(20)23/h1-3,5-8,11-13,16,19,21-22H,4,9-10,14-15,17H2. The molecule has 1 saturated heterocycles. The molecule has 3 nitrogen and oxygen atoms in total. The molecule has 0 radical (unpaired) electrons. The summed E-state index contributed by atoms with van der Waals surface area (Å²) in [4.78, 5) is 19.8. The van der Waals surface area contributed by atoms with Crippen molar-refractivity contribution >= 4 is 22.5 Å².